The van der Waals surface area contributed by atoms with E-state index in [1.165, 1.54) is 32.1 Å². The van der Waals surface area contributed by atoms with Crippen LogP contribution in [0.1, 0.15) is 32.1 Å². The van der Waals surface area contributed by atoms with Crippen molar-refractivity contribution >= 4 is 5.78 Å². The van der Waals surface area contributed by atoms with E-state index in [0.29, 0.717) is 30.1 Å². The predicted octanol–water partition coefficient (Wildman–Crippen LogP) is -0.380. The number of hydrogen-bond acceptors (Lipinski definition) is 1. The van der Waals surface area contributed by atoms with Crippen LogP contribution in [0.3, 0.4) is 0 Å². The summed E-state index contributed by atoms with van der Waals surface area (Å²) in [6.45, 7) is 0.577. The lowest BCUT2D eigenvalue weighted by Crippen LogP contribution is -3.00. The Hall–Kier alpha value is -0.700. The van der Waals surface area contributed by atoms with Crippen LogP contribution >= 0.6 is 0 Å². The normalized spacial score (nSPS) is 37.5. The predicted molar refractivity (Wildman–Crippen MR) is 72.2 cm³/mol. The number of aromatic nitrogens is 1. The number of hydrogen-bond donors (Lipinski definition) is 0. The molecule has 20 heavy (non-hydrogen) atoms. The highest BCUT2D eigenvalue weighted by molar-refractivity contribution is 5.80. The van der Waals surface area contributed by atoms with Crippen molar-refractivity contribution in [2.75, 3.05) is 0 Å². The molecule has 4 aliphatic carbocycles. The Morgan fingerprint density at radius 1 is 0.900 bits per heavy atom. The minimum Gasteiger partial charge on any atom is -1.00 e. The lowest BCUT2D eigenvalue weighted by Gasteiger charge is -2.53. The van der Waals surface area contributed by atoms with E-state index in [2.05, 4.69) is 0 Å². The van der Waals surface area contributed by atoms with Crippen molar-refractivity contribution in [3.05, 3.63) is 30.6 Å². The van der Waals surface area contributed by atoms with Crippen LogP contribution in [0.2, 0.25) is 0 Å². The quantitative estimate of drug-likeness (QED) is 0.690. The van der Waals surface area contributed by atoms with Crippen molar-refractivity contribution in [1.82, 2.24) is 0 Å². The van der Waals surface area contributed by atoms with Crippen LogP contribution in [0.15, 0.2) is 30.6 Å². The Kier molecular flexibility index (Phi) is 3.98. The van der Waals surface area contributed by atoms with Gasteiger partial charge in [-0.2, -0.15) is 4.57 Å². The average molecular weight is 336 g/mol. The molecule has 0 N–H and O–H groups in total. The first-order chi connectivity index (χ1) is 9.29. The molecule has 0 unspecified atom stereocenters. The summed E-state index contributed by atoms with van der Waals surface area (Å²) >= 11 is 0. The fourth-order valence-corrected chi connectivity index (χ4v) is 5.28. The van der Waals surface area contributed by atoms with Crippen molar-refractivity contribution in [3.8, 4) is 0 Å². The van der Waals surface area contributed by atoms with Crippen LogP contribution in [0.25, 0.3) is 0 Å². The Labute approximate surface area is 131 Å². The van der Waals surface area contributed by atoms with Crippen molar-refractivity contribution in [3.63, 3.8) is 0 Å². The first-order valence-electron chi connectivity index (χ1n) is 7.76. The highest BCUT2D eigenvalue weighted by Crippen LogP contribution is 2.56. The third-order valence-electron chi connectivity index (χ3n) is 5.71. The summed E-state index contributed by atoms with van der Waals surface area (Å²) in [7, 11) is 0. The molecule has 1 aromatic rings. The molecule has 1 aromatic heterocycles. The second-order valence-electron chi connectivity index (χ2n) is 6.97. The van der Waals surface area contributed by atoms with E-state index in [4.69, 9.17) is 0 Å². The summed E-state index contributed by atoms with van der Waals surface area (Å²) < 4.78 is 2.04. The SMILES string of the molecule is O=C(C[n+]1ccccc1)C1C2CC3CC(C2)CC1C3.[Br-]. The number of pyridine rings is 1. The smallest absolute Gasteiger partial charge is 0.206 e. The van der Waals surface area contributed by atoms with Crippen LogP contribution < -0.4 is 21.5 Å². The maximum absolute atomic E-state index is 12.7. The fourth-order valence-electron chi connectivity index (χ4n) is 5.28. The van der Waals surface area contributed by atoms with Gasteiger partial charge in [-0.05, 0) is 55.8 Å². The summed E-state index contributed by atoms with van der Waals surface area (Å²) in [5.74, 6) is 4.21. The molecule has 4 fully saturated rings. The van der Waals surface area contributed by atoms with Crippen molar-refractivity contribution in [1.29, 1.82) is 0 Å². The highest BCUT2D eigenvalue weighted by atomic mass is 79.9. The number of nitrogens with zero attached hydrogens (tertiary/aromatic N) is 1. The summed E-state index contributed by atoms with van der Waals surface area (Å²) in [5, 5.41) is 0. The van der Waals surface area contributed by atoms with Gasteiger partial charge in [0, 0.05) is 18.1 Å². The first-order valence-corrected chi connectivity index (χ1v) is 7.76. The zero-order valence-electron chi connectivity index (χ0n) is 11.7. The summed E-state index contributed by atoms with van der Waals surface area (Å²) in [6, 6.07) is 6.01. The largest absolute Gasteiger partial charge is 1.00 e. The second kappa shape index (κ2) is 5.59. The van der Waals surface area contributed by atoms with Gasteiger partial charge in [0.15, 0.2) is 12.4 Å². The Morgan fingerprint density at radius 3 is 2.00 bits per heavy atom. The second-order valence-corrected chi connectivity index (χ2v) is 6.97. The molecule has 0 amide bonds. The van der Waals surface area contributed by atoms with Crippen LogP contribution in [0.5, 0.6) is 0 Å². The molecule has 4 bridgehead atoms. The Bertz CT molecular complexity index is 459. The molecule has 108 valence electrons. The minimum atomic E-state index is 0. The number of carbonyl (C=O) groups excluding carboxylic acids is 1. The van der Waals surface area contributed by atoms with Crippen LogP contribution in [-0.2, 0) is 11.3 Å². The minimum absolute atomic E-state index is 0. The van der Waals surface area contributed by atoms with Crippen LogP contribution in [-0.4, -0.2) is 5.78 Å². The van der Waals surface area contributed by atoms with E-state index in [1.807, 2.05) is 35.2 Å². The molecular formula is C17H22BrNO. The van der Waals surface area contributed by atoms with E-state index in [0.717, 1.165) is 11.8 Å². The molecule has 1 heterocycles. The lowest BCUT2D eigenvalue weighted by atomic mass is 9.51. The topological polar surface area (TPSA) is 20.9 Å². The maximum atomic E-state index is 12.7. The Balaban J connectivity index is 0.00000121. The van der Waals surface area contributed by atoms with Gasteiger partial charge >= 0.3 is 0 Å². The molecule has 4 saturated carbocycles. The van der Waals surface area contributed by atoms with Gasteiger partial charge in [0.05, 0.1) is 0 Å². The number of Topliss-reactive ketones (excluding diaryl/α,β-unsaturated/α-hetero) is 1. The number of carbonyl (C=O) groups is 1. The van der Waals surface area contributed by atoms with Gasteiger partial charge in [0.25, 0.3) is 0 Å². The third-order valence-corrected chi connectivity index (χ3v) is 5.71. The van der Waals surface area contributed by atoms with E-state index < -0.39 is 0 Å². The standard InChI is InChI=1S/C17H22NO.BrH/c19-16(11-18-4-2-1-3-5-18)17-14-7-12-6-13(9-14)10-15(17)8-12;/h1-5,12-15,17H,6-11H2;1H/q+1;/p-1. The number of rotatable bonds is 3. The van der Waals surface area contributed by atoms with Gasteiger partial charge in [-0.1, -0.05) is 6.07 Å². The molecule has 0 spiro atoms. The molecule has 4 aliphatic rings. The molecule has 0 atom stereocenters. The molecule has 3 heteroatoms. The number of halogens is 1. The summed E-state index contributed by atoms with van der Waals surface area (Å²) in [6.07, 6.45) is 10.8. The lowest BCUT2D eigenvalue weighted by molar-refractivity contribution is -0.684. The first kappa shape index (κ1) is 14.2. The monoisotopic (exact) mass is 335 g/mol. The van der Waals surface area contributed by atoms with E-state index in [9.17, 15) is 4.79 Å². The van der Waals surface area contributed by atoms with Crippen molar-refractivity contribution in [2.24, 2.45) is 29.6 Å². The molecule has 2 nitrogen and oxygen atoms in total. The van der Waals surface area contributed by atoms with Gasteiger partial charge in [-0.15, -0.1) is 0 Å². The molecule has 5 rings (SSSR count). The van der Waals surface area contributed by atoms with Crippen molar-refractivity contribution < 1.29 is 26.3 Å². The summed E-state index contributed by atoms with van der Waals surface area (Å²) in [5.41, 5.74) is 0. The zero-order valence-corrected chi connectivity index (χ0v) is 13.3. The van der Waals surface area contributed by atoms with Crippen molar-refractivity contribution in [2.45, 2.75) is 38.6 Å². The van der Waals surface area contributed by atoms with Gasteiger partial charge < -0.3 is 17.0 Å². The molecule has 0 aromatic carbocycles. The van der Waals surface area contributed by atoms with Crippen LogP contribution in [0.4, 0.5) is 0 Å². The molecule has 0 radical (unpaired) electrons. The zero-order chi connectivity index (χ0) is 12.8. The average Bonchev–Trinajstić information content (AvgIpc) is 2.38. The Morgan fingerprint density at radius 2 is 1.45 bits per heavy atom. The third kappa shape index (κ3) is 2.45. The molecular weight excluding hydrogens is 314 g/mol. The van der Waals surface area contributed by atoms with E-state index >= 15 is 0 Å². The molecule has 0 aliphatic heterocycles. The van der Waals surface area contributed by atoms with Gasteiger partial charge in [-0.25, -0.2) is 0 Å². The van der Waals surface area contributed by atoms with E-state index in [-0.39, 0.29) is 17.0 Å². The van der Waals surface area contributed by atoms with Gasteiger partial charge in [0.1, 0.15) is 0 Å². The van der Waals surface area contributed by atoms with E-state index in [1.54, 1.807) is 0 Å². The maximum Gasteiger partial charge on any atom is 0.206 e. The van der Waals surface area contributed by atoms with Crippen LogP contribution in [0, 0.1) is 29.6 Å². The summed E-state index contributed by atoms with van der Waals surface area (Å²) in [4.78, 5) is 12.7. The molecule has 0 saturated heterocycles. The number of ketones is 1. The van der Waals surface area contributed by atoms with Gasteiger partial charge in [-0.3, -0.25) is 4.79 Å². The highest BCUT2D eigenvalue weighted by Gasteiger charge is 2.50. The fraction of sp³-hybridized carbons (Fsp3) is 0.647. The van der Waals surface area contributed by atoms with Gasteiger partial charge in [0.2, 0.25) is 12.3 Å².